The molecule has 1 heterocycles. The van der Waals surface area contributed by atoms with Crippen LogP contribution < -0.4 is 10.1 Å². The van der Waals surface area contributed by atoms with E-state index >= 15 is 0 Å². The molecular formula is C15H22FNO. The van der Waals surface area contributed by atoms with E-state index in [0.29, 0.717) is 11.7 Å². The Balaban J connectivity index is 2.39. The van der Waals surface area contributed by atoms with Crippen LogP contribution in [0.5, 0.6) is 5.75 Å². The van der Waals surface area contributed by atoms with Crippen molar-refractivity contribution in [2.75, 3.05) is 20.2 Å². The number of nitrogens with one attached hydrogen (secondary N) is 1. The van der Waals surface area contributed by atoms with E-state index in [1.54, 1.807) is 13.2 Å². The van der Waals surface area contributed by atoms with Crippen LogP contribution in [0, 0.1) is 5.82 Å². The molecule has 0 unspecified atom stereocenters. The van der Waals surface area contributed by atoms with E-state index in [4.69, 9.17) is 4.74 Å². The van der Waals surface area contributed by atoms with Crippen LogP contribution in [-0.4, -0.2) is 20.2 Å². The lowest BCUT2D eigenvalue weighted by Crippen LogP contribution is -2.27. The molecule has 1 fully saturated rings. The number of rotatable bonds is 3. The molecule has 0 bridgehead atoms. The average Bonchev–Trinajstić information content (AvgIpc) is 2.39. The number of hydrogen-bond donors (Lipinski definition) is 1. The lowest BCUT2D eigenvalue weighted by molar-refractivity contribution is 0.387. The number of halogens is 1. The van der Waals surface area contributed by atoms with Crippen LogP contribution >= 0.6 is 0 Å². The molecule has 0 spiro atoms. The van der Waals surface area contributed by atoms with Gasteiger partial charge in [-0.05, 0) is 55.0 Å². The second-order valence-electron chi connectivity index (χ2n) is 5.29. The minimum absolute atomic E-state index is 0.153. The summed E-state index contributed by atoms with van der Waals surface area (Å²) < 4.78 is 19.3. The molecule has 18 heavy (non-hydrogen) atoms. The highest BCUT2D eigenvalue weighted by molar-refractivity contribution is 5.42. The number of ether oxygens (including phenoxy) is 1. The van der Waals surface area contributed by atoms with Crippen molar-refractivity contribution in [3.63, 3.8) is 0 Å². The van der Waals surface area contributed by atoms with Crippen molar-refractivity contribution in [2.45, 2.75) is 38.5 Å². The van der Waals surface area contributed by atoms with Gasteiger partial charge in [0.15, 0.2) is 0 Å². The first-order valence-corrected chi connectivity index (χ1v) is 6.71. The third kappa shape index (κ3) is 2.66. The summed E-state index contributed by atoms with van der Waals surface area (Å²) in [5, 5.41) is 3.36. The first-order chi connectivity index (χ1) is 8.63. The molecule has 0 aromatic heterocycles. The average molecular weight is 251 g/mol. The SMILES string of the molecule is COc1cc(F)c(C(C)C)cc1C1CCNCC1. The quantitative estimate of drug-likeness (QED) is 0.888. The monoisotopic (exact) mass is 251 g/mol. The Hall–Kier alpha value is -1.09. The molecule has 0 radical (unpaired) electrons. The van der Waals surface area contributed by atoms with E-state index in [1.165, 1.54) is 5.56 Å². The second kappa shape index (κ2) is 5.70. The fourth-order valence-electron chi connectivity index (χ4n) is 2.66. The smallest absolute Gasteiger partial charge is 0.130 e. The molecule has 100 valence electrons. The summed E-state index contributed by atoms with van der Waals surface area (Å²) in [5.41, 5.74) is 1.97. The van der Waals surface area contributed by atoms with Gasteiger partial charge >= 0.3 is 0 Å². The molecule has 2 nitrogen and oxygen atoms in total. The molecule has 0 amide bonds. The topological polar surface area (TPSA) is 21.3 Å². The van der Waals surface area contributed by atoms with Crippen LogP contribution in [0.4, 0.5) is 4.39 Å². The summed E-state index contributed by atoms with van der Waals surface area (Å²) in [6, 6.07) is 3.56. The summed E-state index contributed by atoms with van der Waals surface area (Å²) in [7, 11) is 1.62. The zero-order valence-electron chi connectivity index (χ0n) is 11.4. The van der Waals surface area contributed by atoms with Gasteiger partial charge in [-0.1, -0.05) is 13.8 Å². The van der Waals surface area contributed by atoms with Gasteiger partial charge in [0.25, 0.3) is 0 Å². The third-order valence-corrected chi connectivity index (χ3v) is 3.75. The molecule has 1 aromatic carbocycles. The predicted molar refractivity (Wildman–Crippen MR) is 71.9 cm³/mol. The Bertz CT molecular complexity index is 411. The molecule has 1 N–H and O–H groups in total. The van der Waals surface area contributed by atoms with Crippen LogP contribution in [0.3, 0.4) is 0 Å². The maximum Gasteiger partial charge on any atom is 0.130 e. The molecule has 3 heteroatoms. The Morgan fingerprint density at radius 1 is 1.28 bits per heavy atom. The van der Waals surface area contributed by atoms with Crippen molar-refractivity contribution in [1.29, 1.82) is 0 Å². The highest BCUT2D eigenvalue weighted by Crippen LogP contribution is 2.36. The van der Waals surface area contributed by atoms with Gasteiger partial charge in [-0.15, -0.1) is 0 Å². The normalized spacial score (nSPS) is 17.2. The standard InChI is InChI=1S/C15H22FNO/c1-10(2)12-8-13(11-4-6-17-7-5-11)15(18-3)9-14(12)16/h8-11,17H,4-7H2,1-3H3. The van der Waals surface area contributed by atoms with Gasteiger partial charge in [0.2, 0.25) is 0 Å². The van der Waals surface area contributed by atoms with Gasteiger partial charge in [0.1, 0.15) is 11.6 Å². The molecule has 2 rings (SSSR count). The molecule has 0 aliphatic carbocycles. The first kappa shape index (κ1) is 13.3. The maximum absolute atomic E-state index is 13.9. The fourth-order valence-corrected chi connectivity index (χ4v) is 2.66. The molecule has 1 aliphatic heterocycles. The van der Waals surface area contributed by atoms with Gasteiger partial charge < -0.3 is 10.1 Å². The number of methoxy groups -OCH3 is 1. The van der Waals surface area contributed by atoms with Crippen molar-refractivity contribution in [1.82, 2.24) is 5.32 Å². The molecular weight excluding hydrogens is 229 g/mol. The molecule has 1 aromatic rings. The van der Waals surface area contributed by atoms with E-state index < -0.39 is 0 Å². The van der Waals surface area contributed by atoms with E-state index in [1.807, 2.05) is 19.9 Å². The zero-order valence-corrected chi connectivity index (χ0v) is 11.4. The lowest BCUT2D eigenvalue weighted by Gasteiger charge is -2.25. The largest absolute Gasteiger partial charge is 0.496 e. The summed E-state index contributed by atoms with van der Waals surface area (Å²) in [6.45, 7) is 6.11. The second-order valence-corrected chi connectivity index (χ2v) is 5.29. The van der Waals surface area contributed by atoms with Crippen molar-refractivity contribution in [3.05, 3.63) is 29.1 Å². The molecule has 1 saturated heterocycles. The summed E-state index contributed by atoms with van der Waals surface area (Å²) in [5.74, 6) is 1.24. The van der Waals surface area contributed by atoms with Crippen molar-refractivity contribution in [3.8, 4) is 5.75 Å². The summed E-state index contributed by atoms with van der Waals surface area (Å²) in [4.78, 5) is 0. The van der Waals surface area contributed by atoms with E-state index in [2.05, 4.69) is 5.32 Å². The lowest BCUT2D eigenvalue weighted by atomic mass is 9.87. The van der Waals surface area contributed by atoms with Crippen molar-refractivity contribution >= 4 is 0 Å². The Morgan fingerprint density at radius 2 is 1.94 bits per heavy atom. The van der Waals surface area contributed by atoms with Gasteiger partial charge in [-0.3, -0.25) is 0 Å². The minimum atomic E-state index is -0.153. The summed E-state index contributed by atoms with van der Waals surface area (Å²) in [6.07, 6.45) is 2.19. The Kier molecular flexibility index (Phi) is 4.23. The van der Waals surface area contributed by atoms with E-state index in [0.717, 1.165) is 31.5 Å². The number of benzene rings is 1. The molecule has 0 saturated carbocycles. The first-order valence-electron chi connectivity index (χ1n) is 6.71. The minimum Gasteiger partial charge on any atom is -0.496 e. The van der Waals surface area contributed by atoms with Crippen molar-refractivity contribution in [2.24, 2.45) is 0 Å². The van der Waals surface area contributed by atoms with Crippen LogP contribution in [0.15, 0.2) is 12.1 Å². The van der Waals surface area contributed by atoms with Gasteiger partial charge in [-0.2, -0.15) is 0 Å². The third-order valence-electron chi connectivity index (χ3n) is 3.75. The number of piperidine rings is 1. The van der Waals surface area contributed by atoms with Gasteiger partial charge in [0.05, 0.1) is 7.11 Å². The van der Waals surface area contributed by atoms with Gasteiger partial charge in [0, 0.05) is 6.07 Å². The van der Waals surface area contributed by atoms with Gasteiger partial charge in [-0.25, -0.2) is 4.39 Å². The number of hydrogen-bond acceptors (Lipinski definition) is 2. The Labute approximate surface area is 109 Å². The molecule has 0 atom stereocenters. The Morgan fingerprint density at radius 3 is 2.50 bits per heavy atom. The maximum atomic E-state index is 13.9. The van der Waals surface area contributed by atoms with Crippen LogP contribution in [0.1, 0.15) is 49.7 Å². The van der Waals surface area contributed by atoms with Crippen molar-refractivity contribution < 1.29 is 9.13 Å². The summed E-state index contributed by atoms with van der Waals surface area (Å²) >= 11 is 0. The van der Waals surface area contributed by atoms with E-state index in [9.17, 15) is 4.39 Å². The van der Waals surface area contributed by atoms with E-state index in [-0.39, 0.29) is 11.7 Å². The predicted octanol–water partition coefficient (Wildman–Crippen LogP) is 3.42. The highest BCUT2D eigenvalue weighted by Gasteiger charge is 2.21. The van der Waals surface area contributed by atoms with Crippen LogP contribution in [-0.2, 0) is 0 Å². The fraction of sp³-hybridized carbons (Fsp3) is 0.600. The van der Waals surface area contributed by atoms with Crippen LogP contribution in [0.25, 0.3) is 0 Å². The zero-order chi connectivity index (χ0) is 13.1. The molecule has 1 aliphatic rings. The highest BCUT2D eigenvalue weighted by atomic mass is 19.1. The van der Waals surface area contributed by atoms with Crippen LogP contribution in [0.2, 0.25) is 0 Å².